The van der Waals surface area contributed by atoms with Crippen molar-refractivity contribution in [3.63, 3.8) is 0 Å². The number of benzene rings is 1. The smallest absolute Gasteiger partial charge is 0.126 e. The molecule has 0 saturated heterocycles. The van der Waals surface area contributed by atoms with Gasteiger partial charge in [0.05, 0.1) is 5.69 Å². The molecule has 0 saturated carbocycles. The fraction of sp³-hybridized carbons (Fsp3) is 0.429. The van der Waals surface area contributed by atoms with Gasteiger partial charge in [-0.1, -0.05) is 12.1 Å². The normalized spacial score (nSPS) is 12.6. The number of rotatable bonds is 6. The van der Waals surface area contributed by atoms with E-state index in [1.54, 1.807) is 17.9 Å². The Bertz CT molecular complexity index is 548. The molecule has 0 radical (unpaired) electrons. The highest BCUT2D eigenvalue weighted by Gasteiger charge is 2.15. The van der Waals surface area contributed by atoms with Gasteiger partial charge in [0.1, 0.15) is 11.6 Å². The summed E-state index contributed by atoms with van der Waals surface area (Å²) in [5.74, 6) is -1.13. The van der Waals surface area contributed by atoms with Crippen LogP contribution in [0.5, 0.6) is 0 Å². The summed E-state index contributed by atoms with van der Waals surface area (Å²) >= 11 is 0. The summed E-state index contributed by atoms with van der Waals surface area (Å²) in [6.45, 7) is 2.81. The van der Waals surface area contributed by atoms with Crippen molar-refractivity contribution in [1.82, 2.24) is 20.3 Å². The highest BCUT2D eigenvalue weighted by molar-refractivity contribution is 5.22. The van der Waals surface area contributed by atoms with Crippen molar-refractivity contribution in [2.45, 2.75) is 25.8 Å². The van der Waals surface area contributed by atoms with Crippen LogP contribution in [0.3, 0.4) is 0 Å². The Hall–Kier alpha value is -1.82. The molecule has 1 atom stereocenters. The average molecular weight is 280 g/mol. The van der Waals surface area contributed by atoms with Crippen LogP contribution in [0.4, 0.5) is 8.78 Å². The van der Waals surface area contributed by atoms with E-state index in [1.165, 1.54) is 12.1 Å². The summed E-state index contributed by atoms with van der Waals surface area (Å²) in [7, 11) is 1.78. The second-order valence-corrected chi connectivity index (χ2v) is 4.80. The fourth-order valence-electron chi connectivity index (χ4n) is 2.10. The molecule has 0 bridgehead atoms. The molecule has 1 aromatic heterocycles. The van der Waals surface area contributed by atoms with Gasteiger partial charge in [-0.15, -0.1) is 5.10 Å². The summed E-state index contributed by atoms with van der Waals surface area (Å²) in [5.41, 5.74) is 1.37. The van der Waals surface area contributed by atoms with Crippen molar-refractivity contribution in [1.29, 1.82) is 0 Å². The molecule has 108 valence electrons. The van der Waals surface area contributed by atoms with Gasteiger partial charge < -0.3 is 5.32 Å². The van der Waals surface area contributed by atoms with Crippen molar-refractivity contribution in [2.75, 3.05) is 6.54 Å². The third-order valence-electron chi connectivity index (χ3n) is 2.99. The molecule has 2 rings (SSSR count). The summed E-state index contributed by atoms with van der Waals surface area (Å²) in [6, 6.07) is 3.40. The molecule has 0 fully saturated rings. The van der Waals surface area contributed by atoms with E-state index < -0.39 is 11.6 Å². The Balaban J connectivity index is 2.21. The number of nitrogens with one attached hydrogen (secondary N) is 1. The van der Waals surface area contributed by atoms with Crippen LogP contribution in [-0.4, -0.2) is 21.5 Å². The number of halogens is 2. The van der Waals surface area contributed by atoms with E-state index >= 15 is 0 Å². The Morgan fingerprint density at radius 1 is 1.25 bits per heavy atom. The van der Waals surface area contributed by atoms with Crippen LogP contribution >= 0.6 is 0 Å². The molecule has 0 aliphatic carbocycles. The highest BCUT2D eigenvalue weighted by atomic mass is 19.1. The van der Waals surface area contributed by atoms with Gasteiger partial charge in [-0.3, -0.25) is 4.68 Å². The summed E-state index contributed by atoms with van der Waals surface area (Å²) < 4.78 is 28.3. The molecule has 20 heavy (non-hydrogen) atoms. The second-order valence-electron chi connectivity index (χ2n) is 4.80. The molecule has 1 unspecified atom stereocenters. The average Bonchev–Trinajstić information content (AvgIpc) is 2.79. The second kappa shape index (κ2) is 6.56. The minimum Gasteiger partial charge on any atom is -0.310 e. The van der Waals surface area contributed by atoms with Crippen LogP contribution in [0.25, 0.3) is 0 Å². The van der Waals surface area contributed by atoms with Gasteiger partial charge in [0.2, 0.25) is 0 Å². The van der Waals surface area contributed by atoms with Crippen molar-refractivity contribution in [3.05, 3.63) is 47.3 Å². The molecule has 2 aromatic rings. The van der Waals surface area contributed by atoms with Gasteiger partial charge in [-0.05, 0) is 30.7 Å². The molecule has 0 amide bonds. The topological polar surface area (TPSA) is 42.7 Å². The number of aryl methyl sites for hydroxylation is 1. The van der Waals surface area contributed by atoms with E-state index in [-0.39, 0.29) is 6.04 Å². The zero-order valence-corrected chi connectivity index (χ0v) is 11.6. The molecule has 1 N–H and O–H groups in total. The molecule has 1 aromatic carbocycles. The molecule has 0 aliphatic heterocycles. The molecule has 0 spiro atoms. The largest absolute Gasteiger partial charge is 0.310 e. The minimum atomic E-state index is -0.567. The van der Waals surface area contributed by atoms with Crippen molar-refractivity contribution < 1.29 is 8.78 Å². The maximum atomic E-state index is 13.4. The fourth-order valence-corrected chi connectivity index (χ4v) is 2.10. The predicted octanol–water partition coefficient (Wildman–Crippen LogP) is 2.38. The lowest BCUT2D eigenvalue weighted by atomic mass is 10.0. The van der Waals surface area contributed by atoms with E-state index in [1.807, 2.05) is 6.92 Å². The van der Waals surface area contributed by atoms with Gasteiger partial charge >= 0.3 is 0 Å². The third kappa shape index (κ3) is 3.84. The van der Waals surface area contributed by atoms with Crippen LogP contribution in [0, 0.1) is 11.6 Å². The van der Waals surface area contributed by atoms with Crippen LogP contribution < -0.4 is 5.32 Å². The maximum Gasteiger partial charge on any atom is 0.126 e. The van der Waals surface area contributed by atoms with E-state index in [2.05, 4.69) is 15.6 Å². The lowest BCUT2D eigenvalue weighted by Crippen LogP contribution is -2.24. The first-order chi connectivity index (χ1) is 9.58. The number of nitrogens with zero attached hydrogens (tertiary/aromatic N) is 3. The van der Waals surface area contributed by atoms with E-state index in [4.69, 9.17) is 0 Å². The Morgan fingerprint density at radius 2 is 1.95 bits per heavy atom. The minimum absolute atomic E-state index is 0.183. The van der Waals surface area contributed by atoms with Gasteiger partial charge in [-0.25, -0.2) is 8.78 Å². The van der Waals surface area contributed by atoms with Gasteiger partial charge in [0.15, 0.2) is 0 Å². The van der Waals surface area contributed by atoms with Crippen molar-refractivity contribution in [2.24, 2.45) is 7.05 Å². The highest BCUT2D eigenvalue weighted by Crippen LogP contribution is 2.20. The van der Waals surface area contributed by atoms with Gasteiger partial charge in [0, 0.05) is 31.8 Å². The van der Waals surface area contributed by atoms with E-state index in [0.29, 0.717) is 12.0 Å². The Labute approximate surface area is 116 Å². The molecular formula is C14H18F2N4. The van der Waals surface area contributed by atoms with Crippen molar-refractivity contribution >= 4 is 0 Å². The standard InChI is InChI=1S/C14H18F2N4/c1-3-4-17-14(8-13-9-20(2)19-18-13)10-5-11(15)7-12(16)6-10/h5-7,9,14,17H,3-4,8H2,1-2H3. The first-order valence-corrected chi connectivity index (χ1v) is 6.63. The number of aromatic nitrogens is 3. The number of hydrogen-bond donors (Lipinski definition) is 1. The molecule has 4 nitrogen and oxygen atoms in total. The van der Waals surface area contributed by atoms with Crippen molar-refractivity contribution in [3.8, 4) is 0 Å². The van der Waals surface area contributed by atoms with Crippen LogP contribution in [-0.2, 0) is 13.5 Å². The Morgan fingerprint density at radius 3 is 2.50 bits per heavy atom. The molecule has 0 aliphatic rings. The molecular weight excluding hydrogens is 262 g/mol. The summed E-state index contributed by atoms with van der Waals surface area (Å²) in [4.78, 5) is 0. The van der Waals surface area contributed by atoms with Crippen LogP contribution in [0.2, 0.25) is 0 Å². The lowest BCUT2D eigenvalue weighted by Gasteiger charge is -2.18. The lowest BCUT2D eigenvalue weighted by molar-refractivity contribution is 0.511. The molecule has 1 heterocycles. The first kappa shape index (κ1) is 14.6. The summed E-state index contributed by atoms with van der Waals surface area (Å²) in [5, 5.41) is 11.2. The zero-order valence-electron chi connectivity index (χ0n) is 11.6. The monoisotopic (exact) mass is 280 g/mol. The Kier molecular flexibility index (Phi) is 4.79. The number of hydrogen-bond acceptors (Lipinski definition) is 3. The van der Waals surface area contributed by atoms with E-state index in [9.17, 15) is 8.78 Å². The van der Waals surface area contributed by atoms with Crippen LogP contribution in [0.1, 0.15) is 30.6 Å². The molecule has 6 heteroatoms. The SMILES string of the molecule is CCCNC(Cc1cn(C)nn1)c1cc(F)cc(F)c1. The quantitative estimate of drug-likeness (QED) is 0.883. The zero-order chi connectivity index (χ0) is 14.5. The third-order valence-corrected chi connectivity index (χ3v) is 2.99. The first-order valence-electron chi connectivity index (χ1n) is 6.63. The van der Waals surface area contributed by atoms with Gasteiger partial charge in [-0.2, -0.15) is 0 Å². The summed E-state index contributed by atoms with van der Waals surface area (Å²) in [6.07, 6.45) is 3.28. The van der Waals surface area contributed by atoms with Gasteiger partial charge in [0.25, 0.3) is 0 Å². The van der Waals surface area contributed by atoms with Crippen LogP contribution in [0.15, 0.2) is 24.4 Å². The maximum absolute atomic E-state index is 13.4. The van der Waals surface area contributed by atoms with E-state index in [0.717, 1.165) is 24.7 Å². The predicted molar refractivity (Wildman–Crippen MR) is 72.1 cm³/mol.